The van der Waals surface area contributed by atoms with Gasteiger partial charge in [-0.2, -0.15) is 0 Å². The van der Waals surface area contributed by atoms with Crippen molar-refractivity contribution in [2.24, 2.45) is 16.6 Å². The van der Waals surface area contributed by atoms with Crippen molar-refractivity contribution in [2.45, 2.75) is 47.6 Å². The fourth-order valence-electron chi connectivity index (χ4n) is 3.20. The lowest BCUT2D eigenvalue weighted by Crippen LogP contribution is -2.41. The SMILES string of the molecule is CC(C)(C)CC(=O)Nc1cccc(CN(CC(C)(C)CN)C(=O)c2ccccc2)c1. The van der Waals surface area contributed by atoms with Gasteiger partial charge in [-0.15, -0.1) is 0 Å². The fraction of sp³-hybridized carbons (Fsp3) is 0.440. The Morgan fingerprint density at radius 3 is 2.23 bits per heavy atom. The Bertz CT molecular complexity index is 854. The molecule has 0 spiro atoms. The zero-order chi connectivity index (χ0) is 22.4. The van der Waals surface area contributed by atoms with Crippen LogP contribution in [0.2, 0.25) is 0 Å². The molecule has 162 valence electrons. The van der Waals surface area contributed by atoms with E-state index in [1.54, 1.807) is 0 Å². The van der Waals surface area contributed by atoms with Crippen molar-refractivity contribution in [3.05, 3.63) is 65.7 Å². The number of hydrogen-bond acceptors (Lipinski definition) is 3. The van der Waals surface area contributed by atoms with Crippen LogP contribution in [0.15, 0.2) is 54.6 Å². The second-order valence-electron chi connectivity index (χ2n) is 9.88. The molecule has 0 aliphatic heterocycles. The number of anilines is 1. The molecule has 3 N–H and O–H groups in total. The molecule has 0 saturated heterocycles. The van der Waals surface area contributed by atoms with Crippen LogP contribution >= 0.6 is 0 Å². The van der Waals surface area contributed by atoms with E-state index in [1.807, 2.05) is 80.3 Å². The molecule has 0 unspecified atom stereocenters. The molecule has 0 radical (unpaired) electrons. The van der Waals surface area contributed by atoms with E-state index in [2.05, 4.69) is 19.2 Å². The van der Waals surface area contributed by atoms with E-state index in [9.17, 15) is 9.59 Å². The molecule has 0 aromatic heterocycles. The Hall–Kier alpha value is -2.66. The van der Waals surface area contributed by atoms with Gasteiger partial charge in [0.05, 0.1) is 0 Å². The number of nitrogens with two attached hydrogens (primary N) is 1. The summed E-state index contributed by atoms with van der Waals surface area (Å²) in [4.78, 5) is 27.3. The molecule has 0 fully saturated rings. The molecule has 2 rings (SSSR count). The Balaban J connectivity index is 2.21. The van der Waals surface area contributed by atoms with Crippen LogP contribution in [-0.2, 0) is 11.3 Å². The number of amides is 2. The molecule has 0 bridgehead atoms. The molecule has 0 atom stereocenters. The van der Waals surface area contributed by atoms with Gasteiger partial charge in [-0.25, -0.2) is 0 Å². The average molecular weight is 410 g/mol. The first-order valence-corrected chi connectivity index (χ1v) is 10.4. The van der Waals surface area contributed by atoms with E-state index in [1.165, 1.54) is 0 Å². The summed E-state index contributed by atoms with van der Waals surface area (Å²) in [7, 11) is 0. The van der Waals surface area contributed by atoms with Crippen LogP contribution in [-0.4, -0.2) is 29.8 Å². The van der Waals surface area contributed by atoms with Gasteiger partial charge in [-0.3, -0.25) is 9.59 Å². The summed E-state index contributed by atoms with van der Waals surface area (Å²) in [6.07, 6.45) is 0.445. The third-order valence-electron chi connectivity index (χ3n) is 4.75. The minimum absolute atomic E-state index is 0.0128. The summed E-state index contributed by atoms with van der Waals surface area (Å²) in [6, 6.07) is 17.0. The predicted octanol–water partition coefficient (Wildman–Crippen LogP) is 4.69. The second-order valence-corrected chi connectivity index (χ2v) is 9.88. The maximum absolute atomic E-state index is 13.2. The smallest absolute Gasteiger partial charge is 0.254 e. The van der Waals surface area contributed by atoms with Crippen LogP contribution in [0.4, 0.5) is 5.69 Å². The van der Waals surface area contributed by atoms with Gasteiger partial charge in [0.1, 0.15) is 0 Å². The molecule has 2 amide bonds. The van der Waals surface area contributed by atoms with Crippen LogP contribution in [0.1, 0.15) is 57.0 Å². The summed E-state index contributed by atoms with van der Waals surface area (Å²) in [5, 5.41) is 2.97. The van der Waals surface area contributed by atoms with Gasteiger partial charge in [0.15, 0.2) is 0 Å². The summed E-state index contributed by atoms with van der Waals surface area (Å²) >= 11 is 0. The Labute approximate surface area is 180 Å². The van der Waals surface area contributed by atoms with Crippen LogP contribution in [0.25, 0.3) is 0 Å². The first-order chi connectivity index (χ1) is 14.0. The van der Waals surface area contributed by atoms with Gasteiger partial charge in [0.25, 0.3) is 5.91 Å². The maximum Gasteiger partial charge on any atom is 0.254 e. The molecule has 2 aromatic carbocycles. The van der Waals surface area contributed by atoms with Crippen LogP contribution < -0.4 is 11.1 Å². The van der Waals surface area contributed by atoms with E-state index < -0.39 is 0 Å². The first-order valence-electron chi connectivity index (χ1n) is 10.4. The topological polar surface area (TPSA) is 75.4 Å². The highest BCUT2D eigenvalue weighted by Gasteiger charge is 2.25. The number of rotatable bonds is 8. The normalized spacial score (nSPS) is 11.8. The summed E-state index contributed by atoms with van der Waals surface area (Å²) in [5.74, 6) is -0.0413. The maximum atomic E-state index is 13.2. The van der Waals surface area contributed by atoms with Gasteiger partial charge >= 0.3 is 0 Å². The highest BCUT2D eigenvalue weighted by atomic mass is 16.2. The Morgan fingerprint density at radius 2 is 1.63 bits per heavy atom. The molecular formula is C25H35N3O2. The number of carbonyl (C=O) groups is 2. The fourth-order valence-corrected chi connectivity index (χ4v) is 3.20. The van der Waals surface area contributed by atoms with E-state index in [0.29, 0.717) is 31.6 Å². The number of nitrogens with one attached hydrogen (secondary N) is 1. The van der Waals surface area contributed by atoms with Gasteiger partial charge in [-0.1, -0.05) is 65.0 Å². The molecule has 2 aromatic rings. The number of benzene rings is 2. The molecule has 0 saturated carbocycles. The molecule has 30 heavy (non-hydrogen) atoms. The monoisotopic (exact) mass is 409 g/mol. The zero-order valence-electron chi connectivity index (χ0n) is 18.9. The highest BCUT2D eigenvalue weighted by molar-refractivity contribution is 5.94. The van der Waals surface area contributed by atoms with Crippen LogP contribution in [0.5, 0.6) is 0 Å². The van der Waals surface area contributed by atoms with Gasteiger partial charge in [0.2, 0.25) is 5.91 Å². The lowest BCUT2D eigenvalue weighted by molar-refractivity contribution is -0.117. The summed E-state index contributed by atoms with van der Waals surface area (Å²) in [5.41, 5.74) is 8.00. The van der Waals surface area contributed by atoms with E-state index in [0.717, 1.165) is 11.3 Å². The summed E-state index contributed by atoms with van der Waals surface area (Å²) in [6.45, 7) is 11.7. The molecule has 5 heteroatoms. The van der Waals surface area contributed by atoms with Crippen molar-refractivity contribution in [3.63, 3.8) is 0 Å². The van der Waals surface area contributed by atoms with Crippen molar-refractivity contribution in [3.8, 4) is 0 Å². The summed E-state index contributed by atoms with van der Waals surface area (Å²) < 4.78 is 0. The lowest BCUT2D eigenvalue weighted by atomic mass is 9.92. The number of hydrogen-bond donors (Lipinski definition) is 2. The third-order valence-corrected chi connectivity index (χ3v) is 4.75. The quantitative estimate of drug-likeness (QED) is 0.664. The van der Waals surface area contributed by atoms with E-state index in [-0.39, 0.29) is 22.6 Å². The van der Waals surface area contributed by atoms with Crippen molar-refractivity contribution in [2.75, 3.05) is 18.4 Å². The van der Waals surface area contributed by atoms with Gasteiger partial charge < -0.3 is 16.0 Å². The van der Waals surface area contributed by atoms with Gasteiger partial charge in [0, 0.05) is 30.8 Å². The number of nitrogens with zero attached hydrogens (tertiary/aromatic N) is 1. The van der Waals surface area contributed by atoms with E-state index in [4.69, 9.17) is 5.73 Å². The predicted molar refractivity (Wildman–Crippen MR) is 123 cm³/mol. The zero-order valence-corrected chi connectivity index (χ0v) is 18.9. The third kappa shape index (κ3) is 7.64. The minimum Gasteiger partial charge on any atom is -0.334 e. The number of carbonyl (C=O) groups excluding carboxylic acids is 2. The highest BCUT2D eigenvalue weighted by Crippen LogP contribution is 2.22. The molecule has 0 aliphatic carbocycles. The average Bonchev–Trinajstić information content (AvgIpc) is 2.66. The van der Waals surface area contributed by atoms with Crippen molar-refractivity contribution in [1.29, 1.82) is 0 Å². The molecule has 5 nitrogen and oxygen atoms in total. The minimum atomic E-state index is -0.205. The Morgan fingerprint density at radius 1 is 0.967 bits per heavy atom. The molecular weight excluding hydrogens is 374 g/mol. The molecule has 0 heterocycles. The van der Waals surface area contributed by atoms with Crippen LogP contribution in [0, 0.1) is 10.8 Å². The van der Waals surface area contributed by atoms with Crippen LogP contribution in [0.3, 0.4) is 0 Å². The molecule has 0 aliphatic rings. The van der Waals surface area contributed by atoms with Crippen molar-refractivity contribution in [1.82, 2.24) is 4.90 Å². The van der Waals surface area contributed by atoms with Gasteiger partial charge in [-0.05, 0) is 47.2 Å². The Kier molecular flexibility index (Phi) is 7.79. The standard InChI is InChI=1S/C25H35N3O2/c1-24(2,3)15-22(29)27-21-13-9-10-19(14-21)16-28(18-25(4,5)17-26)23(30)20-11-7-6-8-12-20/h6-14H,15-18,26H2,1-5H3,(H,27,29). The van der Waals surface area contributed by atoms with Crippen molar-refractivity contribution >= 4 is 17.5 Å². The van der Waals surface area contributed by atoms with Crippen molar-refractivity contribution < 1.29 is 9.59 Å². The second kappa shape index (κ2) is 9.90. The lowest BCUT2D eigenvalue weighted by Gasteiger charge is -2.32. The first kappa shape index (κ1) is 23.6. The van der Waals surface area contributed by atoms with E-state index >= 15 is 0 Å². The largest absolute Gasteiger partial charge is 0.334 e.